The first-order chi connectivity index (χ1) is 5.75. The summed E-state index contributed by atoms with van der Waals surface area (Å²) in [7, 11) is 0. The molecule has 0 radical (unpaired) electrons. The molecule has 12 heavy (non-hydrogen) atoms. The third-order valence-corrected chi connectivity index (χ3v) is 1.80. The van der Waals surface area contributed by atoms with Gasteiger partial charge in [0.2, 0.25) is 0 Å². The van der Waals surface area contributed by atoms with E-state index in [4.69, 9.17) is 0 Å². The molecular weight excluding hydrogens is 148 g/mol. The van der Waals surface area contributed by atoms with Crippen LogP contribution in [0.4, 0.5) is 5.82 Å². The largest absolute Gasteiger partial charge is 0.340 e. The van der Waals surface area contributed by atoms with E-state index in [2.05, 4.69) is 22.9 Å². The number of anilines is 1. The maximum atomic E-state index is 4.25. The first-order valence-electron chi connectivity index (χ1n) is 3.86. The summed E-state index contributed by atoms with van der Waals surface area (Å²) in [5.74, 6) is 0.896. The van der Waals surface area contributed by atoms with E-state index >= 15 is 0 Å². The van der Waals surface area contributed by atoms with Crippen LogP contribution in [0, 0.1) is 6.92 Å². The van der Waals surface area contributed by atoms with Crippen molar-refractivity contribution < 1.29 is 0 Å². The summed E-state index contributed by atoms with van der Waals surface area (Å²) in [5.41, 5.74) is 3.19. The maximum Gasteiger partial charge on any atom is 0.137 e. The van der Waals surface area contributed by atoms with Gasteiger partial charge in [-0.2, -0.15) is 0 Å². The van der Waals surface area contributed by atoms with Crippen molar-refractivity contribution in [2.24, 2.45) is 0 Å². The molecule has 1 aromatic heterocycles. The summed E-state index contributed by atoms with van der Waals surface area (Å²) >= 11 is 0. The van der Waals surface area contributed by atoms with Crippen molar-refractivity contribution in [3.8, 4) is 0 Å². The Hall–Kier alpha value is -1.57. The van der Waals surface area contributed by atoms with Crippen molar-refractivity contribution in [3.05, 3.63) is 41.7 Å². The molecule has 0 atom stereocenters. The van der Waals surface area contributed by atoms with Crippen molar-refractivity contribution in [1.29, 1.82) is 0 Å². The van der Waals surface area contributed by atoms with E-state index < -0.39 is 0 Å². The van der Waals surface area contributed by atoms with Gasteiger partial charge in [-0.05, 0) is 30.7 Å². The average Bonchev–Trinajstić information content (AvgIpc) is 2.05. The minimum Gasteiger partial charge on any atom is -0.340 e. The van der Waals surface area contributed by atoms with Crippen LogP contribution >= 0.6 is 0 Å². The van der Waals surface area contributed by atoms with E-state index in [1.807, 2.05) is 25.3 Å². The standard InChI is InChI=1S/C10H10N2/c1-7-5-9-4-3-8(2)12-10(9)11-6-7/h3-6H,2H2,1H3,(H,11,12). The number of aromatic nitrogens is 1. The molecule has 0 spiro atoms. The molecule has 2 heteroatoms. The Balaban J connectivity index is 2.54. The van der Waals surface area contributed by atoms with Crippen LogP contribution in [-0.2, 0) is 0 Å². The van der Waals surface area contributed by atoms with Gasteiger partial charge in [-0.3, -0.25) is 0 Å². The number of nitrogens with zero attached hydrogens (tertiary/aromatic N) is 1. The molecule has 0 saturated carbocycles. The molecule has 2 nitrogen and oxygen atoms in total. The van der Waals surface area contributed by atoms with Gasteiger partial charge in [-0.15, -0.1) is 0 Å². The van der Waals surface area contributed by atoms with Crippen molar-refractivity contribution in [2.45, 2.75) is 6.92 Å². The second-order valence-electron chi connectivity index (χ2n) is 2.93. The summed E-state index contributed by atoms with van der Waals surface area (Å²) in [6.07, 6.45) is 5.82. The highest BCUT2D eigenvalue weighted by atomic mass is 15.0. The van der Waals surface area contributed by atoms with Crippen LogP contribution in [0.1, 0.15) is 11.1 Å². The lowest BCUT2D eigenvalue weighted by Crippen LogP contribution is -2.03. The number of allylic oxidation sites excluding steroid dienone is 1. The van der Waals surface area contributed by atoms with E-state index in [0.717, 1.165) is 17.1 Å². The number of rotatable bonds is 0. The molecule has 2 heterocycles. The quantitative estimate of drug-likeness (QED) is 0.626. The van der Waals surface area contributed by atoms with Crippen LogP contribution in [0.3, 0.4) is 0 Å². The summed E-state index contributed by atoms with van der Waals surface area (Å²) in [5, 5.41) is 3.09. The number of hydrogen-bond acceptors (Lipinski definition) is 2. The van der Waals surface area contributed by atoms with Crippen LogP contribution in [-0.4, -0.2) is 4.98 Å². The lowest BCUT2D eigenvalue weighted by molar-refractivity contribution is 1.23. The lowest BCUT2D eigenvalue weighted by atomic mass is 10.1. The molecule has 0 amide bonds. The molecule has 1 aromatic rings. The number of hydrogen-bond donors (Lipinski definition) is 1. The fourth-order valence-corrected chi connectivity index (χ4v) is 1.21. The maximum absolute atomic E-state index is 4.25. The number of nitrogens with one attached hydrogen (secondary N) is 1. The summed E-state index contributed by atoms with van der Waals surface area (Å²) in [6.45, 7) is 5.83. The van der Waals surface area contributed by atoms with Crippen LogP contribution in [0.5, 0.6) is 0 Å². The van der Waals surface area contributed by atoms with Crippen molar-refractivity contribution in [3.63, 3.8) is 0 Å². The van der Waals surface area contributed by atoms with Gasteiger partial charge in [-0.25, -0.2) is 4.98 Å². The molecule has 1 N–H and O–H groups in total. The predicted molar refractivity (Wildman–Crippen MR) is 50.8 cm³/mol. The van der Waals surface area contributed by atoms with Crippen LogP contribution in [0.2, 0.25) is 0 Å². The highest BCUT2D eigenvalue weighted by Gasteiger charge is 2.05. The molecular formula is C10H10N2. The Morgan fingerprint density at radius 1 is 1.42 bits per heavy atom. The Kier molecular flexibility index (Phi) is 1.47. The zero-order chi connectivity index (χ0) is 8.55. The van der Waals surface area contributed by atoms with E-state index in [1.54, 1.807) is 0 Å². The van der Waals surface area contributed by atoms with Gasteiger partial charge in [0, 0.05) is 17.5 Å². The van der Waals surface area contributed by atoms with E-state index in [9.17, 15) is 0 Å². The van der Waals surface area contributed by atoms with Gasteiger partial charge in [-0.1, -0.05) is 6.58 Å². The number of fused-ring (bicyclic) bond motifs is 1. The van der Waals surface area contributed by atoms with Crippen LogP contribution in [0.25, 0.3) is 6.08 Å². The van der Waals surface area contributed by atoms with Gasteiger partial charge in [0.25, 0.3) is 0 Å². The molecule has 0 saturated heterocycles. The average molecular weight is 158 g/mol. The summed E-state index contributed by atoms with van der Waals surface area (Å²) < 4.78 is 0. The van der Waals surface area contributed by atoms with E-state index in [-0.39, 0.29) is 0 Å². The SMILES string of the molecule is C=C1C=Cc2cc(C)cnc2N1. The Labute approximate surface area is 71.6 Å². The zero-order valence-corrected chi connectivity index (χ0v) is 6.96. The molecule has 2 rings (SSSR count). The van der Waals surface area contributed by atoms with E-state index in [0.29, 0.717) is 0 Å². The summed E-state index contributed by atoms with van der Waals surface area (Å²) in [4.78, 5) is 4.25. The van der Waals surface area contributed by atoms with E-state index in [1.165, 1.54) is 5.56 Å². The fourth-order valence-electron chi connectivity index (χ4n) is 1.21. The Morgan fingerprint density at radius 3 is 3.08 bits per heavy atom. The van der Waals surface area contributed by atoms with Gasteiger partial charge < -0.3 is 5.32 Å². The first-order valence-corrected chi connectivity index (χ1v) is 3.86. The molecule has 0 aliphatic carbocycles. The second kappa shape index (κ2) is 2.48. The van der Waals surface area contributed by atoms with Gasteiger partial charge in [0.15, 0.2) is 0 Å². The van der Waals surface area contributed by atoms with Gasteiger partial charge in [0.05, 0.1) is 0 Å². The molecule has 1 aliphatic rings. The topological polar surface area (TPSA) is 24.9 Å². The van der Waals surface area contributed by atoms with Gasteiger partial charge >= 0.3 is 0 Å². The smallest absolute Gasteiger partial charge is 0.137 e. The van der Waals surface area contributed by atoms with Crippen LogP contribution < -0.4 is 5.32 Å². The molecule has 0 fully saturated rings. The number of pyridine rings is 1. The number of aryl methyl sites for hydroxylation is 1. The second-order valence-corrected chi connectivity index (χ2v) is 2.93. The molecule has 0 aromatic carbocycles. The Bertz CT molecular complexity index is 364. The lowest BCUT2D eigenvalue weighted by Gasteiger charge is -2.13. The third-order valence-electron chi connectivity index (χ3n) is 1.80. The third kappa shape index (κ3) is 1.11. The Morgan fingerprint density at radius 2 is 2.25 bits per heavy atom. The monoisotopic (exact) mass is 158 g/mol. The normalized spacial score (nSPS) is 13.9. The first kappa shape index (κ1) is 7.10. The highest BCUT2D eigenvalue weighted by molar-refractivity contribution is 5.71. The molecule has 60 valence electrons. The zero-order valence-electron chi connectivity index (χ0n) is 6.96. The fraction of sp³-hybridized carbons (Fsp3) is 0.100. The molecule has 1 aliphatic heterocycles. The summed E-state index contributed by atoms with van der Waals surface area (Å²) in [6, 6.07) is 2.10. The van der Waals surface area contributed by atoms with Crippen molar-refractivity contribution in [1.82, 2.24) is 4.98 Å². The van der Waals surface area contributed by atoms with Crippen LogP contribution in [0.15, 0.2) is 30.6 Å². The minimum atomic E-state index is 0.888. The minimum absolute atomic E-state index is 0.888. The van der Waals surface area contributed by atoms with Gasteiger partial charge in [0.1, 0.15) is 5.82 Å². The highest BCUT2D eigenvalue weighted by Crippen LogP contribution is 2.21. The predicted octanol–water partition coefficient (Wildman–Crippen LogP) is 2.34. The van der Waals surface area contributed by atoms with Crippen molar-refractivity contribution >= 4 is 11.9 Å². The van der Waals surface area contributed by atoms with Crippen molar-refractivity contribution in [2.75, 3.05) is 5.32 Å². The molecule has 0 bridgehead atoms. The molecule has 0 unspecified atom stereocenters.